The van der Waals surface area contributed by atoms with E-state index in [1.54, 1.807) is 14.2 Å². The van der Waals surface area contributed by atoms with Gasteiger partial charge >= 0.3 is 5.97 Å². The largest absolute Gasteiger partial charge is 0.479 e. The molecule has 2 unspecified atom stereocenters. The van der Waals surface area contributed by atoms with Crippen molar-refractivity contribution in [1.29, 1.82) is 0 Å². The number of methoxy groups -OCH3 is 3. The molecule has 1 aromatic carbocycles. The maximum atomic E-state index is 11.8. The molecule has 0 saturated carbocycles. The predicted molar refractivity (Wildman–Crippen MR) is 79.4 cm³/mol. The summed E-state index contributed by atoms with van der Waals surface area (Å²) < 4.78 is 20.9. The fraction of sp³-hybridized carbons (Fsp3) is 0.562. The molecule has 0 saturated heterocycles. The minimum Gasteiger partial charge on any atom is -0.479 e. The minimum absolute atomic E-state index is 0.0384. The van der Waals surface area contributed by atoms with Crippen LogP contribution < -0.4 is 4.74 Å². The van der Waals surface area contributed by atoms with Crippen molar-refractivity contribution in [3.63, 3.8) is 0 Å². The lowest BCUT2D eigenvalue weighted by Crippen LogP contribution is -2.30. The molecule has 0 spiro atoms. The second kappa shape index (κ2) is 10.2. The van der Waals surface area contributed by atoms with Crippen LogP contribution in [0.5, 0.6) is 5.75 Å². The number of esters is 1. The Morgan fingerprint density at radius 1 is 1.05 bits per heavy atom. The van der Waals surface area contributed by atoms with E-state index in [1.807, 2.05) is 30.3 Å². The van der Waals surface area contributed by atoms with Crippen molar-refractivity contribution >= 4 is 5.97 Å². The summed E-state index contributed by atoms with van der Waals surface area (Å²) in [6, 6.07) is 9.25. The van der Waals surface area contributed by atoms with Crippen molar-refractivity contribution in [1.82, 2.24) is 0 Å². The second-order valence-corrected chi connectivity index (χ2v) is 4.66. The average molecular weight is 296 g/mol. The van der Waals surface area contributed by atoms with Crippen LogP contribution in [0, 0.1) is 0 Å². The Kier molecular flexibility index (Phi) is 8.47. The fourth-order valence-electron chi connectivity index (χ4n) is 1.99. The Labute approximate surface area is 126 Å². The lowest BCUT2D eigenvalue weighted by Gasteiger charge is -2.20. The Bertz CT molecular complexity index is 393. The molecule has 1 rings (SSSR count). The molecule has 5 heteroatoms. The molecule has 0 aliphatic heterocycles. The van der Waals surface area contributed by atoms with E-state index >= 15 is 0 Å². The van der Waals surface area contributed by atoms with Gasteiger partial charge in [0.05, 0.1) is 13.2 Å². The quantitative estimate of drug-likeness (QED) is 0.621. The number of hydrogen-bond donors (Lipinski definition) is 0. The van der Waals surface area contributed by atoms with Crippen molar-refractivity contribution in [3.8, 4) is 5.75 Å². The van der Waals surface area contributed by atoms with Crippen molar-refractivity contribution < 1.29 is 23.7 Å². The molecule has 0 fully saturated rings. The summed E-state index contributed by atoms with van der Waals surface area (Å²) in [4.78, 5) is 11.8. The van der Waals surface area contributed by atoms with E-state index in [0.29, 0.717) is 25.2 Å². The number of ether oxygens (including phenoxy) is 4. The first-order chi connectivity index (χ1) is 10.2. The SMILES string of the molecule is COCCC(CCC(Oc1ccccc1)C(=O)OC)OC. The smallest absolute Gasteiger partial charge is 0.347 e. The Morgan fingerprint density at radius 2 is 1.76 bits per heavy atom. The summed E-state index contributed by atoms with van der Waals surface area (Å²) in [5, 5.41) is 0. The molecule has 1 aromatic rings. The zero-order valence-corrected chi connectivity index (χ0v) is 12.9. The van der Waals surface area contributed by atoms with Crippen LogP contribution in [0.4, 0.5) is 0 Å². The van der Waals surface area contributed by atoms with Crippen molar-refractivity contribution in [2.75, 3.05) is 27.9 Å². The maximum absolute atomic E-state index is 11.8. The molecule has 0 N–H and O–H groups in total. The molecular formula is C16H24O5. The van der Waals surface area contributed by atoms with E-state index in [9.17, 15) is 4.79 Å². The zero-order chi connectivity index (χ0) is 15.5. The first kappa shape index (κ1) is 17.5. The molecule has 118 valence electrons. The molecule has 0 aliphatic rings. The van der Waals surface area contributed by atoms with Gasteiger partial charge in [0.1, 0.15) is 5.75 Å². The van der Waals surface area contributed by atoms with E-state index in [0.717, 1.165) is 6.42 Å². The standard InChI is InChI=1S/C16H24O5/c1-18-12-11-13(19-2)9-10-15(16(17)20-3)21-14-7-5-4-6-8-14/h4-8,13,15H,9-12H2,1-3H3. The molecular weight excluding hydrogens is 272 g/mol. The number of carbonyl (C=O) groups excluding carboxylic acids is 1. The normalized spacial score (nSPS) is 13.5. The molecule has 0 aliphatic carbocycles. The van der Waals surface area contributed by atoms with Gasteiger partial charge in [-0.3, -0.25) is 0 Å². The molecule has 0 amide bonds. The van der Waals surface area contributed by atoms with Crippen molar-refractivity contribution in [3.05, 3.63) is 30.3 Å². The van der Waals surface area contributed by atoms with Crippen LogP contribution in [0.15, 0.2) is 30.3 Å². The minimum atomic E-state index is -0.627. The van der Waals surface area contributed by atoms with Crippen LogP contribution in [0.3, 0.4) is 0 Å². The molecule has 2 atom stereocenters. The fourth-order valence-corrected chi connectivity index (χ4v) is 1.99. The molecule has 0 bridgehead atoms. The Hall–Kier alpha value is -1.59. The summed E-state index contributed by atoms with van der Waals surface area (Å²) in [6.07, 6.45) is 1.43. The van der Waals surface area contributed by atoms with Gasteiger partial charge in [0.15, 0.2) is 6.10 Å². The summed E-state index contributed by atoms with van der Waals surface area (Å²) in [5.41, 5.74) is 0. The summed E-state index contributed by atoms with van der Waals surface area (Å²) in [6.45, 7) is 0.626. The van der Waals surface area contributed by atoms with Gasteiger partial charge in [0, 0.05) is 20.8 Å². The Morgan fingerprint density at radius 3 is 2.33 bits per heavy atom. The van der Waals surface area contributed by atoms with Crippen LogP contribution >= 0.6 is 0 Å². The van der Waals surface area contributed by atoms with Gasteiger partial charge in [-0.1, -0.05) is 18.2 Å². The van der Waals surface area contributed by atoms with E-state index in [4.69, 9.17) is 18.9 Å². The van der Waals surface area contributed by atoms with Gasteiger partial charge in [0.25, 0.3) is 0 Å². The first-order valence-electron chi connectivity index (χ1n) is 7.02. The number of hydrogen-bond acceptors (Lipinski definition) is 5. The average Bonchev–Trinajstić information content (AvgIpc) is 2.54. The van der Waals surface area contributed by atoms with Gasteiger partial charge in [-0.2, -0.15) is 0 Å². The van der Waals surface area contributed by atoms with E-state index < -0.39 is 6.10 Å². The predicted octanol–water partition coefficient (Wildman–Crippen LogP) is 2.44. The van der Waals surface area contributed by atoms with Crippen LogP contribution in [-0.4, -0.2) is 46.1 Å². The van der Waals surface area contributed by atoms with Gasteiger partial charge in [-0.15, -0.1) is 0 Å². The van der Waals surface area contributed by atoms with Gasteiger partial charge < -0.3 is 18.9 Å². The topological polar surface area (TPSA) is 54.0 Å². The lowest BCUT2D eigenvalue weighted by molar-refractivity contribution is -0.149. The van der Waals surface area contributed by atoms with Gasteiger partial charge in [-0.25, -0.2) is 4.79 Å². The van der Waals surface area contributed by atoms with E-state index in [1.165, 1.54) is 7.11 Å². The van der Waals surface area contributed by atoms with E-state index in [-0.39, 0.29) is 12.1 Å². The zero-order valence-electron chi connectivity index (χ0n) is 12.9. The van der Waals surface area contributed by atoms with Crippen LogP contribution in [0.2, 0.25) is 0 Å². The summed E-state index contributed by atoms with van der Waals surface area (Å²) in [7, 11) is 4.68. The van der Waals surface area contributed by atoms with Gasteiger partial charge in [0.2, 0.25) is 0 Å². The number of carbonyl (C=O) groups is 1. The third kappa shape index (κ3) is 6.60. The summed E-state index contributed by atoms with van der Waals surface area (Å²) >= 11 is 0. The highest BCUT2D eigenvalue weighted by Gasteiger charge is 2.23. The maximum Gasteiger partial charge on any atom is 0.347 e. The lowest BCUT2D eigenvalue weighted by atomic mass is 10.1. The third-order valence-electron chi connectivity index (χ3n) is 3.21. The second-order valence-electron chi connectivity index (χ2n) is 4.66. The highest BCUT2D eigenvalue weighted by molar-refractivity contribution is 5.74. The molecule has 21 heavy (non-hydrogen) atoms. The summed E-state index contributed by atoms with van der Waals surface area (Å²) in [5.74, 6) is 0.277. The van der Waals surface area contributed by atoms with E-state index in [2.05, 4.69) is 0 Å². The van der Waals surface area contributed by atoms with Crippen LogP contribution in [0.1, 0.15) is 19.3 Å². The number of para-hydroxylation sites is 1. The van der Waals surface area contributed by atoms with Crippen molar-refractivity contribution in [2.45, 2.75) is 31.5 Å². The van der Waals surface area contributed by atoms with Crippen LogP contribution in [-0.2, 0) is 19.0 Å². The molecule has 0 heterocycles. The molecule has 0 radical (unpaired) electrons. The third-order valence-corrected chi connectivity index (χ3v) is 3.21. The monoisotopic (exact) mass is 296 g/mol. The van der Waals surface area contributed by atoms with Crippen LogP contribution in [0.25, 0.3) is 0 Å². The highest BCUT2D eigenvalue weighted by Crippen LogP contribution is 2.17. The highest BCUT2D eigenvalue weighted by atomic mass is 16.6. The molecule has 0 aromatic heterocycles. The van der Waals surface area contributed by atoms with Crippen molar-refractivity contribution in [2.24, 2.45) is 0 Å². The number of rotatable bonds is 10. The Balaban J connectivity index is 2.55. The molecule has 5 nitrogen and oxygen atoms in total. The number of benzene rings is 1. The first-order valence-corrected chi connectivity index (χ1v) is 7.02. The van der Waals surface area contributed by atoms with Gasteiger partial charge in [-0.05, 0) is 31.4 Å².